The molecule has 0 saturated heterocycles. The summed E-state index contributed by atoms with van der Waals surface area (Å²) in [6, 6.07) is 9.77. The van der Waals surface area contributed by atoms with Crippen molar-refractivity contribution >= 4 is 21.6 Å². The number of nitrogens with zero attached hydrogens (tertiary/aromatic N) is 1. The molecule has 2 rings (SSSR count). The first kappa shape index (κ1) is 9.21. The van der Waals surface area contributed by atoms with Crippen LogP contribution in [-0.4, -0.2) is 4.98 Å². The number of nitrogens with two attached hydrogens (primary N) is 1. The molecule has 1 heterocycles. The van der Waals surface area contributed by atoms with Gasteiger partial charge < -0.3 is 5.73 Å². The summed E-state index contributed by atoms with van der Waals surface area (Å²) >= 11 is 3.39. The van der Waals surface area contributed by atoms with Crippen LogP contribution in [0, 0.1) is 0 Å². The fourth-order valence-electron chi connectivity index (χ4n) is 1.25. The van der Waals surface area contributed by atoms with Crippen LogP contribution in [0.25, 0.3) is 11.1 Å². The van der Waals surface area contributed by atoms with Gasteiger partial charge in [-0.1, -0.05) is 12.1 Å². The van der Waals surface area contributed by atoms with E-state index in [1.807, 2.05) is 36.5 Å². The molecule has 0 fully saturated rings. The van der Waals surface area contributed by atoms with Gasteiger partial charge in [-0.2, -0.15) is 0 Å². The number of anilines is 1. The Labute approximate surface area is 90.9 Å². The van der Waals surface area contributed by atoms with E-state index < -0.39 is 0 Å². The Balaban J connectivity index is 2.44. The Morgan fingerprint density at radius 3 is 2.36 bits per heavy atom. The first-order chi connectivity index (χ1) is 6.75. The fraction of sp³-hybridized carbons (Fsp3) is 0. The maximum atomic E-state index is 5.61. The molecule has 0 bridgehead atoms. The van der Waals surface area contributed by atoms with E-state index in [4.69, 9.17) is 5.73 Å². The monoisotopic (exact) mass is 248 g/mol. The molecule has 0 aliphatic heterocycles. The summed E-state index contributed by atoms with van der Waals surface area (Å²) in [5.41, 5.74) is 8.59. The minimum Gasteiger partial charge on any atom is -0.399 e. The summed E-state index contributed by atoms with van der Waals surface area (Å²) < 4.78 is 0.979. The normalized spacial score (nSPS) is 10.1. The predicted octanol–water partition coefficient (Wildman–Crippen LogP) is 3.09. The topological polar surface area (TPSA) is 38.9 Å². The lowest BCUT2D eigenvalue weighted by molar-refractivity contribution is 1.31. The molecule has 1 aromatic carbocycles. The van der Waals surface area contributed by atoms with E-state index in [9.17, 15) is 0 Å². The molecule has 0 spiro atoms. The predicted molar refractivity (Wildman–Crippen MR) is 61.8 cm³/mol. The third-order valence-electron chi connectivity index (χ3n) is 1.95. The Morgan fingerprint density at radius 2 is 1.71 bits per heavy atom. The highest BCUT2D eigenvalue weighted by Crippen LogP contribution is 2.22. The first-order valence-electron chi connectivity index (χ1n) is 4.22. The molecule has 0 atom stereocenters. The number of nitrogen functional groups attached to an aromatic ring is 1. The molecule has 1 aromatic heterocycles. The van der Waals surface area contributed by atoms with Crippen LogP contribution in [-0.2, 0) is 0 Å². The van der Waals surface area contributed by atoms with Gasteiger partial charge in [0.1, 0.15) is 0 Å². The Kier molecular flexibility index (Phi) is 2.50. The van der Waals surface area contributed by atoms with E-state index in [1.165, 1.54) is 0 Å². The average molecular weight is 249 g/mol. The zero-order valence-corrected chi connectivity index (χ0v) is 9.03. The molecule has 0 saturated carbocycles. The summed E-state index contributed by atoms with van der Waals surface area (Å²) in [7, 11) is 0. The molecule has 0 amide bonds. The number of aromatic nitrogens is 1. The van der Waals surface area contributed by atoms with Crippen molar-refractivity contribution in [3.05, 3.63) is 47.2 Å². The van der Waals surface area contributed by atoms with Crippen LogP contribution in [0.15, 0.2) is 47.2 Å². The van der Waals surface area contributed by atoms with Crippen LogP contribution in [0.3, 0.4) is 0 Å². The van der Waals surface area contributed by atoms with Gasteiger partial charge in [0.05, 0.1) is 0 Å². The SMILES string of the molecule is Nc1ccc(-c2cncc(Br)c2)cc1. The molecule has 2 aromatic rings. The molecule has 0 aliphatic rings. The van der Waals surface area contributed by atoms with Crippen molar-refractivity contribution in [3.63, 3.8) is 0 Å². The maximum absolute atomic E-state index is 5.61. The van der Waals surface area contributed by atoms with Crippen molar-refractivity contribution < 1.29 is 0 Å². The zero-order chi connectivity index (χ0) is 9.97. The fourth-order valence-corrected chi connectivity index (χ4v) is 1.61. The van der Waals surface area contributed by atoms with Gasteiger partial charge in [0.2, 0.25) is 0 Å². The highest BCUT2D eigenvalue weighted by Gasteiger charge is 1.97. The maximum Gasteiger partial charge on any atom is 0.0410 e. The molecule has 2 N–H and O–H groups in total. The van der Waals surface area contributed by atoms with Gasteiger partial charge >= 0.3 is 0 Å². The summed E-state index contributed by atoms with van der Waals surface area (Å²) in [5.74, 6) is 0. The van der Waals surface area contributed by atoms with E-state index >= 15 is 0 Å². The Hall–Kier alpha value is -1.35. The lowest BCUT2D eigenvalue weighted by Gasteiger charge is -2.01. The second kappa shape index (κ2) is 3.80. The van der Waals surface area contributed by atoms with E-state index in [1.54, 1.807) is 6.20 Å². The van der Waals surface area contributed by atoms with Crippen molar-refractivity contribution in [3.8, 4) is 11.1 Å². The van der Waals surface area contributed by atoms with Crippen molar-refractivity contribution in [2.45, 2.75) is 0 Å². The van der Waals surface area contributed by atoms with Crippen molar-refractivity contribution in [1.82, 2.24) is 4.98 Å². The van der Waals surface area contributed by atoms with E-state index in [-0.39, 0.29) is 0 Å². The van der Waals surface area contributed by atoms with Gasteiger partial charge in [0, 0.05) is 28.1 Å². The zero-order valence-electron chi connectivity index (χ0n) is 7.44. The van der Waals surface area contributed by atoms with E-state index in [2.05, 4.69) is 20.9 Å². The second-order valence-corrected chi connectivity index (χ2v) is 3.93. The quantitative estimate of drug-likeness (QED) is 0.788. The molecule has 70 valence electrons. The van der Waals surface area contributed by atoms with E-state index in [0.29, 0.717) is 0 Å². The Bertz CT molecular complexity index is 437. The van der Waals surface area contributed by atoms with Crippen LogP contribution in [0.2, 0.25) is 0 Å². The lowest BCUT2D eigenvalue weighted by Crippen LogP contribution is -1.84. The number of pyridine rings is 1. The van der Waals surface area contributed by atoms with Crippen molar-refractivity contribution in [1.29, 1.82) is 0 Å². The van der Waals surface area contributed by atoms with Gasteiger partial charge in [-0.05, 0) is 39.7 Å². The summed E-state index contributed by atoms with van der Waals surface area (Å²) in [4.78, 5) is 4.10. The average Bonchev–Trinajstić information content (AvgIpc) is 2.19. The van der Waals surface area contributed by atoms with E-state index in [0.717, 1.165) is 21.3 Å². The number of rotatable bonds is 1. The molecular formula is C11H9BrN2. The first-order valence-corrected chi connectivity index (χ1v) is 5.01. The standard InChI is InChI=1S/C11H9BrN2/c12-10-5-9(6-14-7-10)8-1-3-11(13)4-2-8/h1-7H,13H2. The van der Waals surface area contributed by atoms with Crippen LogP contribution in [0.4, 0.5) is 5.69 Å². The highest BCUT2D eigenvalue weighted by molar-refractivity contribution is 9.10. The number of hydrogen-bond acceptors (Lipinski definition) is 2. The minimum absolute atomic E-state index is 0.775. The van der Waals surface area contributed by atoms with Gasteiger partial charge in [0.15, 0.2) is 0 Å². The second-order valence-electron chi connectivity index (χ2n) is 3.01. The smallest absolute Gasteiger partial charge is 0.0410 e. The molecule has 2 nitrogen and oxygen atoms in total. The minimum atomic E-state index is 0.775. The van der Waals surface area contributed by atoms with Crippen LogP contribution in [0.1, 0.15) is 0 Å². The summed E-state index contributed by atoms with van der Waals surface area (Å²) in [6.07, 6.45) is 3.59. The van der Waals surface area contributed by atoms with Gasteiger partial charge in [-0.25, -0.2) is 0 Å². The van der Waals surface area contributed by atoms with Crippen LogP contribution >= 0.6 is 15.9 Å². The lowest BCUT2D eigenvalue weighted by atomic mass is 10.1. The third-order valence-corrected chi connectivity index (χ3v) is 2.38. The molecule has 0 aliphatic carbocycles. The summed E-state index contributed by atoms with van der Waals surface area (Å²) in [6.45, 7) is 0. The molecule has 3 heteroatoms. The highest BCUT2D eigenvalue weighted by atomic mass is 79.9. The van der Waals surface area contributed by atoms with Crippen LogP contribution < -0.4 is 5.73 Å². The number of hydrogen-bond donors (Lipinski definition) is 1. The largest absolute Gasteiger partial charge is 0.399 e. The van der Waals surface area contributed by atoms with Gasteiger partial charge in [-0.3, -0.25) is 4.98 Å². The van der Waals surface area contributed by atoms with Crippen molar-refractivity contribution in [2.24, 2.45) is 0 Å². The van der Waals surface area contributed by atoms with Gasteiger partial charge in [-0.15, -0.1) is 0 Å². The molecular weight excluding hydrogens is 240 g/mol. The van der Waals surface area contributed by atoms with Crippen molar-refractivity contribution in [2.75, 3.05) is 5.73 Å². The molecule has 14 heavy (non-hydrogen) atoms. The van der Waals surface area contributed by atoms with Gasteiger partial charge in [0.25, 0.3) is 0 Å². The summed E-state index contributed by atoms with van der Waals surface area (Å²) in [5, 5.41) is 0. The van der Waals surface area contributed by atoms with Crippen LogP contribution in [0.5, 0.6) is 0 Å². The molecule has 0 radical (unpaired) electrons. The third kappa shape index (κ3) is 1.93. The number of halogens is 1. The Morgan fingerprint density at radius 1 is 1.00 bits per heavy atom. The molecule has 0 unspecified atom stereocenters. The number of benzene rings is 1.